The van der Waals surface area contributed by atoms with Gasteiger partial charge in [0, 0.05) is 10.8 Å². The number of ketones is 1. The molecule has 0 atom stereocenters. The largest absolute Gasteiger partial charge is 0.481 e. The number of fused-ring (bicyclic) bond motifs is 2. The Hall–Kier alpha value is -2.75. The van der Waals surface area contributed by atoms with Crippen LogP contribution in [-0.2, 0) is 9.59 Å². The highest BCUT2D eigenvalue weighted by Gasteiger charge is 1.98. The van der Waals surface area contributed by atoms with Crippen molar-refractivity contribution >= 4 is 33.6 Å². The first-order valence-electron chi connectivity index (χ1n) is 6.52. The average molecular weight is 281 g/mol. The van der Waals surface area contributed by atoms with Gasteiger partial charge in [0.1, 0.15) is 12.2 Å². The lowest BCUT2D eigenvalue weighted by atomic mass is 10.1. The summed E-state index contributed by atoms with van der Waals surface area (Å²) in [5.41, 5.74) is 2.12. The van der Waals surface area contributed by atoms with Crippen molar-refractivity contribution in [1.82, 2.24) is 4.98 Å². The molecule has 4 heteroatoms. The van der Waals surface area contributed by atoms with Gasteiger partial charge in [-0.2, -0.15) is 0 Å². The fraction of sp³-hybridized carbons (Fsp3) is 0.118. The van der Waals surface area contributed by atoms with Gasteiger partial charge in [-0.15, -0.1) is 0 Å². The molecule has 3 aromatic rings. The lowest BCUT2D eigenvalue weighted by Crippen LogP contribution is -2.00. The van der Waals surface area contributed by atoms with Gasteiger partial charge in [0.25, 0.3) is 0 Å². The summed E-state index contributed by atoms with van der Waals surface area (Å²) in [5, 5.41) is 10.3. The molecule has 0 aliphatic rings. The molecule has 106 valence electrons. The molecular formula is C17H15NO3. The van der Waals surface area contributed by atoms with Gasteiger partial charge in [-0.3, -0.25) is 9.59 Å². The number of carbonyl (C=O) groups excluding carboxylic acids is 1. The van der Waals surface area contributed by atoms with Gasteiger partial charge in [-0.1, -0.05) is 36.4 Å². The van der Waals surface area contributed by atoms with Crippen LogP contribution in [0.1, 0.15) is 13.3 Å². The second-order valence-corrected chi connectivity index (χ2v) is 4.65. The molecule has 0 radical (unpaired) electrons. The third-order valence-corrected chi connectivity index (χ3v) is 2.83. The Kier molecular flexibility index (Phi) is 4.61. The molecule has 0 unspecified atom stereocenters. The minimum absolute atomic E-state index is 0.312. The smallest absolute Gasteiger partial charge is 0.310 e. The van der Waals surface area contributed by atoms with Crippen molar-refractivity contribution in [3.63, 3.8) is 0 Å². The number of rotatable bonds is 2. The van der Waals surface area contributed by atoms with Crippen molar-refractivity contribution in [2.45, 2.75) is 13.3 Å². The standard InChI is InChI=1S/C13H9N.C4H6O3/c1-3-7-12-10(5-1)9-11-6-2-4-8-13(11)14-12;1-3(5)2-4(6)7/h1-9H;2H2,1H3,(H,6,7). The highest BCUT2D eigenvalue weighted by molar-refractivity contribution is 5.93. The maximum Gasteiger partial charge on any atom is 0.310 e. The molecule has 0 aliphatic heterocycles. The monoisotopic (exact) mass is 281 g/mol. The molecule has 0 saturated heterocycles. The molecule has 4 nitrogen and oxygen atoms in total. The fourth-order valence-corrected chi connectivity index (χ4v) is 1.93. The van der Waals surface area contributed by atoms with E-state index in [1.165, 1.54) is 17.7 Å². The Balaban J connectivity index is 0.000000199. The third-order valence-electron chi connectivity index (χ3n) is 2.83. The van der Waals surface area contributed by atoms with Crippen LogP contribution in [0.3, 0.4) is 0 Å². The average Bonchev–Trinajstić information content (AvgIpc) is 2.44. The first-order valence-corrected chi connectivity index (χ1v) is 6.52. The topological polar surface area (TPSA) is 67.3 Å². The zero-order chi connectivity index (χ0) is 15.2. The van der Waals surface area contributed by atoms with Crippen LogP contribution in [0.5, 0.6) is 0 Å². The number of aliphatic carboxylic acids is 1. The van der Waals surface area contributed by atoms with Crippen LogP contribution in [-0.4, -0.2) is 21.8 Å². The van der Waals surface area contributed by atoms with Crippen LogP contribution in [0.25, 0.3) is 21.8 Å². The van der Waals surface area contributed by atoms with E-state index < -0.39 is 5.97 Å². The summed E-state index contributed by atoms with van der Waals surface area (Å²) >= 11 is 0. The quantitative estimate of drug-likeness (QED) is 0.577. The van der Waals surface area contributed by atoms with Gasteiger partial charge >= 0.3 is 5.97 Å². The number of carboxylic acids is 1. The number of benzene rings is 2. The van der Waals surface area contributed by atoms with Crippen LogP contribution in [0, 0.1) is 0 Å². The Bertz CT molecular complexity index is 679. The second kappa shape index (κ2) is 6.61. The van der Waals surface area contributed by atoms with Crippen molar-refractivity contribution in [3.05, 3.63) is 54.6 Å². The molecule has 21 heavy (non-hydrogen) atoms. The summed E-state index contributed by atoms with van der Waals surface area (Å²) in [6.07, 6.45) is -0.361. The first kappa shape index (κ1) is 14.7. The molecule has 1 aromatic heterocycles. The molecule has 0 spiro atoms. The summed E-state index contributed by atoms with van der Waals surface area (Å²) in [5.74, 6) is -1.37. The van der Waals surface area contributed by atoms with Crippen LogP contribution < -0.4 is 0 Å². The fourth-order valence-electron chi connectivity index (χ4n) is 1.93. The van der Waals surface area contributed by atoms with Crippen molar-refractivity contribution in [3.8, 4) is 0 Å². The van der Waals surface area contributed by atoms with E-state index in [-0.39, 0.29) is 12.2 Å². The van der Waals surface area contributed by atoms with Gasteiger partial charge in [-0.05, 0) is 25.1 Å². The maximum atomic E-state index is 9.87. The van der Waals surface area contributed by atoms with Crippen molar-refractivity contribution in [1.29, 1.82) is 0 Å². The first-order chi connectivity index (χ1) is 10.1. The van der Waals surface area contributed by atoms with E-state index in [0.29, 0.717) is 0 Å². The molecule has 0 amide bonds. The van der Waals surface area contributed by atoms with Gasteiger partial charge in [-0.25, -0.2) is 4.98 Å². The van der Waals surface area contributed by atoms with Crippen LogP contribution in [0.15, 0.2) is 54.6 Å². The van der Waals surface area contributed by atoms with Gasteiger partial charge in [0.2, 0.25) is 0 Å². The SMILES string of the molecule is CC(=O)CC(=O)O.c1ccc2nc3ccccc3cc2c1. The number of para-hydroxylation sites is 2. The second-order valence-electron chi connectivity index (χ2n) is 4.65. The highest BCUT2D eigenvalue weighted by atomic mass is 16.4. The minimum atomic E-state index is -1.06. The molecule has 0 saturated carbocycles. The molecule has 0 fully saturated rings. The predicted molar refractivity (Wildman–Crippen MR) is 82.2 cm³/mol. The van der Waals surface area contributed by atoms with Crippen LogP contribution in [0.2, 0.25) is 0 Å². The van der Waals surface area contributed by atoms with Gasteiger partial charge in [0.15, 0.2) is 0 Å². The minimum Gasteiger partial charge on any atom is -0.481 e. The van der Waals surface area contributed by atoms with E-state index in [0.717, 1.165) is 11.0 Å². The maximum absolute atomic E-state index is 9.87. The van der Waals surface area contributed by atoms with E-state index in [4.69, 9.17) is 5.11 Å². The molecule has 3 rings (SSSR count). The molecule has 1 heterocycles. The Morgan fingerprint density at radius 2 is 1.43 bits per heavy atom. The number of hydrogen-bond acceptors (Lipinski definition) is 3. The van der Waals surface area contributed by atoms with Crippen LogP contribution >= 0.6 is 0 Å². The van der Waals surface area contributed by atoms with E-state index in [2.05, 4.69) is 23.2 Å². The summed E-state index contributed by atoms with van der Waals surface area (Å²) in [6.45, 7) is 1.24. The van der Waals surface area contributed by atoms with E-state index in [9.17, 15) is 9.59 Å². The van der Waals surface area contributed by atoms with Crippen molar-refractivity contribution in [2.75, 3.05) is 0 Å². The Morgan fingerprint density at radius 3 is 1.81 bits per heavy atom. The number of nitrogens with zero attached hydrogens (tertiary/aromatic N) is 1. The lowest BCUT2D eigenvalue weighted by molar-refractivity contribution is -0.139. The van der Waals surface area contributed by atoms with Crippen molar-refractivity contribution in [2.24, 2.45) is 0 Å². The predicted octanol–water partition coefficient (Wildman–Crippen LogP) is 3.44. The summed E-state index contributed by atoms with van der Waals surface area (Å²) in [7, 11) is 0. The summed E-state index contributed by atoms with van der Waals surface area (Å²) in [6, 6.07) is 18.6. The molecular weight excluding hydrogens is 266 g/mol. The zero-order valence-corrected chi connectivity index (χ0v) is 11.6. The number of pyridine rings is 1. The molecule has 2 aromatic carbocycles. The van der Waals surface area contributed by atoms with Crippen LogP contribution in [0.4, 0.5) is 0 Å². The summed E-state index contributed by atoms with van der Waals surface area (Å²) in [4.78, 5) is 24.0. The highest BCUT2D eigenvalue weighted by Crippen LogP contribution is 2.18. The zero-order valence-electron chi connectivity index (χ0n) is 11.6. The van der Waals surface area contributed by atoms with E-state index in [1.807, 2.05) is 36.4 Å². The number of hydrogen-bond donors (Lipinski definition) is 1. The molecule has 0 bridgehead atoms. The van der Waals surface area contributed by atoms with E-state index in [1.54, 1.807) is 0 Å². The number of aromatic nitrogens is 1. The Labute approximate surface area is 122 Å². The number of carboxylic acid groups (broad SMARTS) is 1. The summed E-state index contributed by atoms with van der Waals surface area (Å²) < 4.78 is 0. The molecule has 0 aliphatic carbocycles. The normalized spacial score (nSPS) is 9.95. The molecule has 1 N–H and O–H groups in total. The number of carbonyl (C=O) groups is 2. The van der Waals surface area contributed by atoms with E-state index >= 15 is 0 Å². The van der Waals surface area contributed by atoms with Crippen molar-refractivity contribution < 1.29 is 14.7 Å². The van der Waals surface area contributed by atoms with Gasteiger partial charge in [0.05, 0.1) is 11.0 Å². The lowest BCUT2D eigenvalue weighted by Gasteiger charge is -1.99. The third kappa shape index (κ3) is 4.11. The number of Topliss-reactive ketones (excluding diaryl/α,β-unsaturated/α-hetero) is 1. The van der Waals surface area contributed by atoms with Gasteiger partial charge < -0.3 is 5.11 Å². The Morgan fingerprint density at radius 1 is 0.952 bits per heavy atom.